The fourth-order valence-electron chi connectivity index (χ4n) is 1.24. The van der Waals surface area contributed by atoms with Crippen molar-refractivity contribution >= 4 is 5.69 Å². The average Bonchev–Trinajstić information content (AvgIpc) is 2.27. The zero-order valence-corrected chi connectivity index (χ0v) is 8.58. The van der Waals surface area contributed by atoms with Crippen molar-refractivity contribution in [2.75, 3.05) is 13.7 Å². The van der Waals surface area contributed by atoms with Gasteiger partial charge in [-0.2, -0.15) is 0 Å². The third-order valence-electron chi connectivity index (χ3n) is 2.10. The van der Waals surface area contributed by atoms with E-state index in [4.69, 9.17) is 10.5 Å². The second kappa shape index (κ2) is 4.77. The van der Waals surface area contributed by atoms with Crippen LogP contribution >= 0.6 is 0 Å². The van der Waals surface area contributed by atoms with Gasteiger partial charge >= 0.3 is 5.69 Å². The highest BCUT2D eigenvalue weighted by Crippen LogP contribution is 2.38. The van der Waals surface area contributed by atoms with Crippen molar-refractivity contribution in [3.05, 3.63) is 27.8 Å². The lowest BCUT2D eigenvalue weighted by atomic mass is 10.1. The lowest BCUT2D eigenvalue weighted by molar-refractivity contribution is -0.386. The maximum atomic E-state index is 10.6. The third-order valence-corrected chi connectivity index (χ3v) is 2.10. The first kappa shape index (κ1) is 12.2. The Morgan fingerprint density at radius 2 is 2.25 bits per heavy atom. The van der Waals surface area contributed by atoms with Crippen LogP contribution in [0.1, 0.15) is 11.7 Å². The zero-order chi connectivity index (χ0) is 12.3. The first-order valence-electron chi connectivity index (χ1n) is 4.44. The number of hydrogen-bond donors (Lipinski definition) is 3. The molecule has 0 heterocycles. The predicted molar refractivity (Wildman–Crippen MR) is 55.3 cm³/mol. The Bertz CT molecular complexity index is 407. The molecule has 1 aromatic carbocycles. The van der Waals surface area contributed by atoms with Crippen LogP contribution in [0.2, 0.25) is 0 Å². The lowest BCUT2D eigenvalue weighted by Crippen LogP contribution is -2.12. The van der Waals surface area contributed by atoms with Crippen LogP contribution in [-0.4, -0.2) is 28.8 Å². The maximum absolute atomic E-state index is 10.6. The number of methoxy groups -OCH3 is 1. The standard InChI is InChI=1S/C9H12N2O5/c1-16-8-3-5(7(12)4-10)2-6(9(8)13)11(14)15/h2-3,7,12-13H,4,10H2,1H3/t7-/m0/s1. The van der Waals surface area contributed by atoms with Crippen LogP contribution in [0.5, 0.6) is 11.5 Å². The Kier molecular flexibility index (Phi) is 3.64. The molecule has 7 nitrogen and oxygen atoms in total. The first-order valence-corrected chi connectivity index (χ1v) is 4.44. The highest BCUT2D eigenvalue weighted by Gasteiger charge is 2.21. The Morgan fingerprint density at radius 3 is 2.69 bits per heavy atom. The van der Waals surface area contributed by atoms with E-state index >= 15 is 0 Å². The number of rotatable bonds is 4. The summed E-state index contributed by atoms with van der Waals surface area (Å²) in [5.41, 5.74) is 4.94. The number of hydrogen-bond acceptors (Lipinski definition) is 6. The van der Waals surface area contributed by atoms with Gasteiger partial charge in [-0.25, -0.2) is 0 Å². The monoisotopic (exact) mass is 228 g/mol. The second-order valence-corrected chi connectivity index (χ2v) is 3.10. The summed E-state index contributed by atoms with van der Waals surface area (Å²) in [4.78, 5) is 9.87. The van der Waals surface area contributed by atoms with Crippen LogP contribution in [0.25, 0.3) is 0 Å². The summed E-state index contributed by atoms with van der Waals surface area (Å²) in [7, 11) is 1.26. The number of nitro groups is 1. The van der Waals surface area contributed by atoms with Crippen LogP contribution < -0.4 is 10.5 Å². The number of phenols is 1. The predicted octanol–water partition coefficient (Wildman–Crippen LogP) is 0.301. The number of aliphatic hydroxyl groups excluding tert-OH is 1. The molecule has 1 rings (SSSR count). The van der Waals surface area contributed by atoms with Gasteiger partial charge in [-0.1, -0.05) is 0 Å². The van der Waals surface area contributed by atoms with E-state index in [2.05, 4.69) is 0 Å². The van der Waals surface area contributed by atoms with Crippen molar-refractivity contribution in [3.63, 3.8) is 0 Å². The number of nitro benzene ring substituents is 1. The minimum Gasteiger partial charge on any atom is -0.500 e. The molecule has 7 heteroatoms. The highest BCUT2D eigenvalue weighted by atomic mass is 16.6. The van der Waals surface area contributed by atoms with E-state index in [-0.39, 0.29) is 17.9 Å². The van der Waals surface area contributed by atoms with Gasteiger partial charge in [-0.15, -0.1) is 0 Å². The van der Waals surface area contributed by atoms with E-state index in [0.29, 0.717) is 0 Å². The molecule has 0 fully saturated rings. The van der Waals surface area contributed by atoms with Crippen LogP contribution in [-0.2, 0) is 0 Å². The molecule has 88 valence electrons. The Morgan fingerprint density at radius 1 is 1.62 bits per heavy atom. The molecule has 0 radical (unpaired) electrons. The second-order valence-electron chi connectivity index (χ2n) is 3.10. The summed E-state index contributed by atoms with van der Waals surface area (Å²) >= 11 is 0. The Balaban J connectivity index is 3.34. The number of nitrogens with zero attached hydrogens (tertiary/aromatic N) is 1. The third kappa shape index (κ3) is 2.20. The van der Waals surface area contributed by atoms with Crippen molar-refractivity contribution in [1.82, 2.24) is 0 Å². The van der Waals surface area contributed by atoms with Crippen molar-refractivity contribution in [1.29, 1.82) is 0 Å². The van der Waals surface area contributed by atoms with Gasteiger partial charge in [0.25, 0.3) is 0 Å². The molecule has 1 atom stereocenters. The van der Waals surface area contributed by atoms with Crippen LogP contribution in [0, 0.1) is 10.1 Å². The van der Waals surface area contributed by atoms with Gasteiger partial charge in [0.05, 0.1) is 18.1 Å². The quantitative estimate of drug-likeness (QED) is 0.503. The topological polar surface area (TPSA) is 119 Å². The Hall–Kier alpha value is -1.86. The SMILES string of the molecule is COc1cc([C@@H](O)CN)cc([N+](=O)[O-])c1O. The fraction of sp³-hybridized carbons (Fsp3) is 0.333. The van der Waals surface area contributed by atoms with Gasteiger partial charge in [0.1, 0.15) is 0 Å². The van der Waals surface area contributed by atoms with Crippen molar-refractivity contribution in [3.8, 4) is 11.5 Å². The van der Waals surface area contributed by atoms with Gasteiger partial charge in [-0.3, -0.25) is 10.1 Å². The minimum atomic E-state index is -1.03. The number of benzene rings is 1. The molecular weight excluding hydrogens is 216 g/mol. The molecule has 0 saturated carbocycles. The van der Waals surface area contributed by atoms with E-state index in [1.807, 2.05) is 0 Å². The molecule has 0 saturated heterocycles. The van der Waals surface area contributed by atoms with Gasteiger partial charge in [-0.05, 0) is 11.6 Å². The van der Waals surface area contributed by atoms with Crippen LogP contribution in [0.4, 0.5) is 5.69 Å². The van der Waals surface area contributed by atoms with Crippen LogP contribution in [0.3, 0.4) is 0 Å². The number of ether oxygens (including phenoxy) is 1. The first-order chi connectivity index (χ1) is 7.51. The number of phenolic OH excluding ortho intramolecular Hbond substituents is 1. The molecular formula is C9H12N2O5. The molecule has 0 aliphatic heterocycles. The van der Waals surface area contributed by atoms with Crippen LogP contribution in [0.15, 0.2) is 12.1 Å². The smallest absolute Gasteiger partial charge is 0.315 e. The molecule has 0 spiro atoms. The highest BCUT2D eigenvalue weighted by molar-refractivity contribution is 5.57. The lowest BCUT2D eigenvalue weighted by Gasteiger charge is -2.11. The van der Waals surface area contributed by atoms with E-state index in [0.717, 1.165) is 6.07 Å². The average molecular weight is 228 g/mol. The molecule has 0 bridgehead atoms. The molecule has 0 unspecified atom stereocenters. The molecule has 0 aliphatic rings. The van der Waals surface area contributed by atoms with Gasteiger partial charge in [0.2, 0.25) is 5.75 Å². The number of aliphatic hydroxyl groups is 1. The summed E-state index contributed by atoms with van der Waals surface area (Å²) in [5, 5.41) is 29.6. The maximum Gasteiger partial charge on any atom is 0.315 e. The fourth-order valence-corrected chi connectivity index (χ4v) is 1.24. The van der Waals surface area contributed by atoms with Gasteiger partial charge < -0.3 is 20.7 Å². The van der Waals surface area contributed by atoms with Crippen molar-refractivity contribution in [2.45, 2.75) is 6.10 Å². The molecule has 0 amide bonds. The molecule has 0 aliphatic carbocycles. The van der Waals surface area contributed by atoms with E-state index in [1.165, 1.54) is 13.2 Å². The minimum absolute atomic E-state index is 0.0725. The van der Waals surface area contributed by atoms with Gasteiger partial charge in [0.15, 0.2) is 5.75 Å². The Labute approximate surface area is 91.2 Å². The largest absolute Gasteiger partial charge is 0.500 e. The molecule has 16 heavy (non-hydrogen) atoms. The van der Waals surface area contributed by atoms with E-state index in [9.17, 15) is 20.3 Å². The van der Waals surface area contributed by atoms with Gasteiger partial charge in [0, 0.05) is 12.6 Å². The summed E-state index contributed by atoms with van der Waals surface area (Å²) in [5.74, 6) is -0.642. The normalized spacial score (nSPS) is 12.2. The molecule has 1 aromatic rings. The van der Waals surface area contributed by atoms with Crippen molar-refractivity contribution < 1.29 is 19.9 Å². The number of nitrogens with two attached hydrogens (primary N) is 1. The summed E-state index contributed by atoms with van der Waals surface area (Å²) < 4.78 is 4.76. The van der Waals surface area contributed by atoms with E-state index < -0.39 is 22.5 Å². The molecule has 0 aromatic heterocycles. The van der Waals surface area contributed by atoms with Crippen molar-refractivity contribution in [2.24, 2.45) is 5.73 Å². The summed E-state index contributed by atoms with van der Waals surface area (Å²) in [6.45, 7) is -0.0783. The summed E-state index contributed by atoms with van der Waals surface area (Å²) in [6.07, 6.45) is -1.03. The zero-order valence-electron chi connectivity index (χ0n) is 8.58. The molecule has 4 N–H and O–H groups in total. The summed E-state index contributed by atoms with van der Waals surface area (Å²) in [6, 6.07) is 2.37. The number of aromatic hydroxyl groups is 1. The van der Waals surface area contributed by atoms with E-state index in [1.54, 1.807) is 0 Å².